The number of nitrogens with zero attached hydrogens (tertiary/aromatic N) is 1. The summed E-state index contributed by atoms with van der Waals surface area (Å²) in [6, 6.07) is 0. The minimum Gasteiger partial charge on any atom is -0.303 e. The Morgan fingerprint density at radius 1 is 0.875 bits per heavy atom. The lowest BCUT2D eigenvalue weighted by atomic mass is 10.1. The molecule has 1 atom stereocenters. The molecule has 0 aliphatic heterocycles. The van der Waals surface area contributed by atoms with Gasteiger partial charge in [-0.3, -0.25) is 0 Å². The zero-order valence-corrected chi connectivity index (χ0v) is 12.6. The Morgan fingerprint density at radius 3 is 1.62 bits per heavy atom. The number of alkyl halides is 1. The Morgan fingerprint density at radius 2 is 1.31 bits per heavy atom. The van der Waals surface area contributed by atoms with Gasteiger partial charge in [-0.15, -0.1) is 11.6 Å². The highest BCUT2D eigenvalue weighted by atomic mass is 35.5. The molecule has 1 nitrogen and oxygen atoms in total. The highest BCUT2D eigenvalue weighted by molar-refractivity contribution is 6.18. The van der Waals surface area contributed by atoms with Crippen molar-refractivity contribution in [1.82, 2.24) is 4.90 Å². The van der Waals surface area contributed by atoms with E-state index in [0.29, 0.717) is 5.92 Å². The van der Waals surface area contributed by atoms with Crippen LogP contribution in [0.1, 0.15) is 47.5 Å². The van der Waals surface area contributed by atoms with Crippen molar-refractivity contribution in [2.75, 3.05) is 25.5 Å². The number of rotatable bonds is 9. The molecule has 1 unspecified atom stereocenters. The molecule has 0 aromatic rings. The van der Waals surface area contributed by atoms with Gasteiger partial charge in [0.25, 0.3) is 0 Å². The Balaban J connectivity index is 3.94. The maximum atomic E-state index is 5.89. The molecule has 0 spiro atoms. The second kappa shape index (κ2) is 9.30. The Labute approximate surface area is 108 Å². The summed E-state index contributed by atoms with van der Waals surface area (Å²) >= 11 is 5.89. The fourth-order valence-electron chi connectivity index (χ4n) is 1.67. The molecule has 0 aromatic carbocycles. The first-order valence-electron chi connectivity index (χ1n) is 6.74. The molecule has 0 fully saturated rings. The van der Waals surface area contributed by atoms with Crippen molar-refractivity contribution in [3.63, 3.8) is 0 Å². The average Bonchev–Trinajstić information content (AvgIpc) is 2.21. The number of hydrogen-bond acceptors (Lipinski definition) is 1. The van der Waals surface area contributed by atoms with E-state index in [1.807, 2.05) is 0 Å². The molecule has 0 N–H and O–H groups in total. The van der Waals surface area contributed by atoms with Gasteiger partial charge in [-0.25, -0.2) is 0 Å². The smallest absolute Gasteiger partial charge is 0.0261 e. The maximum Gasteiger partial charge on any atom is 0.0261 e. The second-order valence-electron chi connectivity index (χ2n) is 5.93. The van der Waals surface area contributed by atoms with E-state index < -0.39 is 0 Å². The fraction of sp³-hybridized carbons (Fsp3) is 1.00. The van der Waals surface area contributed by atoms with Gasteiger partial charge in [0, 0.05) is 12.4 Å². The highest BCUT2D eigenvalue weighted by Crippen LogP contribution is 2.09. The minimum atomic E-state index is 0.612. The Kier molecular flexibility index (Phi) is 9.44. The van der Waals surface area contributed by atoms with Crippen LogP contribution in [-0.2, 0) is 0 Å². The number of halogens is 1. The van der Waals surface area contributed by atoms with Crippen LogP contribution in [-0.4, -0.2) is 30.4 Å². The molecule has 0 heterocycles. The van der Waals surface area contributed by atoms with E-state index in [1.54, 1.807) is 0 Å². The van der Waals surface area contributed by atoms with Gasteiger partial charge in [0.15, 0.2) is 0 Å². The third-order valence-electron chi connectivity index (χ3n) is 2.88. The fourth-order valence-corrected chi connectivity index (χ4v) is 1.76. The SMILES string of the molecule is CC(C)CCN(CCC(C)C)CC(C)CCl. The van der Waals surface area contributed by atoms with Gasteiger partial charge in [0.05, 0.1) is 0 Å². The molecule has 0 amide bonds. The van der Waals surface area contributed by atoms with Gasteiger partial charge in [0.1, 0.15) is 0 Å². The lowest BCUT2D eigenvalue weighted by Crippen LogP contribution is -2.32. The molecule has 0 aliphatic rings. The third kappa shape index (κ3) is 9.47. The standard InChI is InChI=1S/C14H30ClN/c1-12(2)6-8-16(9-7-13(3)4)11-14(5)10-15/h12-14H,6-11H2,1-5H3. The van der Waals surface area contributed by atoms with E-state index in [-0.39, 0.29) is 0 Å². The van der Waals surface area contributed by atoms with E-state index in [0.717, 1.165) is 24.3 Å². The largest absolute Gasteiger partial charge is 0.303 e. The van der Waals surface area contributed by atoms with Crippen LogP contribution in [0.25, 0.3) is 0 Å². The monoisotopic (exact) mass is 247 g/mol. The normalized spacial score (nSPS) is 14.1. The summed E-state index contributed by atoms with van der Waals surface area (Å²) in [6.07, 6.45) is 2.60. The quantitative estimate of drug-likeness (QED) is 0.551. The number of hydrogen-bond donors (Lipinski definition) is 0. The molecule has 2 heteroatoms. The van der Waals surface area contributed by atoms with Crippen LogP contribution in [0.4, 0.5) is 0 Å². The van der Waals surface area contributed by atoms with Gasteiger partial charge < -0.3 is 4.90 Å². The van der Waals surface area contributed by atoms with Gasteiger partial charge >= 0.3 is 0 Å². The van der Waals surface area contributed by atoms with Crippen molar-refractivity contribution >= 4 is 11.6 Å². The van der Waals surface area contributed by atoms with Crippen LogP contribution < -0.4 is 0 Å². The summed E-state index contributed by atoms with van der Waals surface area (Å²) in [7, 11) is 0. The zero-order chi connectivity index (χ0) is 12.6. The van der Waals surface area contributed by atoms with Crippen molar-refractivity contribution < 1.29 is 0 Å². The van der Waals surface area contributed by atoms with E-state index in [4.69, 9.17) is 11.6 Å². The predicted molar refractivity (Wildman–Crippen MR) is 75.2 cm³/mol. The van der Waals surface area contributed by atoms with Crippen LogP contribution >= 0.6 is 11.6 Å². The molecule has 0 aliphatic carbocycles. The molecular formula is C14H30ClN. The summed E-state index contributed by atoms with van der Waals surface area (Å²) in [5, 5.41) is 0. The minimum absolute atomic E-state index is 0.612. The van der Waals surface area contributed by atoms with E-state index >= 15 is 0 Å². The van der Waals surface area contributed by atoms with Gasteiger partial charge in [-0.05, 0) is 43.7 Å². The molecule has 0 radical (unpaired) electrons. The molecule has 0 rings (SSSR count). The summed E-state index contributed by atoms with van der Waals surface area (Å²) < 4.78 is 0. The van der Waals surface area contributed by atoms with Crippen molar-refractivity contribution in [2.24, 2.45) is 17.8 Å². The molecule has 98 valence electrons. The van der Waals surface area contributed by atoms with Crippen LogP contribution in [0.2, 0.25) is 0 Å². The van der Waals surface area contributed by atoms with E-state index in [2.05, 4.69) is 39.5 Å². The van der Waals surface area contributed by atoms with E-state index in [1.165, 1.54) is 25.9 Å². The van der Waals surface area contributed by atoms with Crippen LogP contribution in [0.15, 0.2) is 0 Å². The van der Waals surface area contributed by atoms with E-state index in [9.17, 15) is 0 Å². The second-order valence-corrected chi connectivity index (χ2v) is 6.23. The first-order chi connectivity index (χ1) is 7.45. The first kappa shape index (κ1) is 16.2. The Hall–Kier alpha value is 0.250. The third-order valence-corrected chi connectivity index (χ3v) is 3.41. The average molecular weight is 248 g/mol. The van der Waals surface area contributed by atoms with Gasteiger partial charge in [-0.2, -0.15) is 0 Å². The lowest BCUT2D eigenvalue weighted by molar-refractivity contribution is 0.220. The molecule has 16 heavy (non-hydrogen) atoms. The zero-order valence-electron chi connectivity index (χ0n) is 11.8. The van der Waals surface area contributed by atoms with Crippen molar-refractivity contribution in [1.29, 1.82) is 0 Å². The highest BCUT2D eigenvalue weighted by Gasteiger charge is 2.10. The Bertz CT molecular complexity index is 145. The summed E-state index contributed by atoms with van der Waals surface area (Å²) in [6.45, 7) is 15.0. The van der Waals surface area contributed by atoms with Crippen molar-refractivity contribution in [3.05, 3.63) is 0 Å². The van der Waals surface area contributed by atoms with Gasteiger partial charge in [-0.1, -0.05) is 34.6 Å². The molecule has 0 aromatic heterocycles. The molecule has 0 saturated carbocycles. The van der Waals surface area contributed by atoms with Crippen LogP contribution in [0, 0.1) is 17.8 Å². The summed E-state index contributed by atoms with van der Waals surface area (Å²) in [5.74, 6) is 2.99. The summed E-state index contributed by atoms with van der Waals surface area (Å²) in [5.41, 5.74) is 0. The summed E-state index contributed by atoms with van der Waals surface area (Å²) in [4.78, 5) is 2.59. The molecule has 0 saturated heterocycles. The van der Waals surface area contributed by atoms with Gasteiger partial charge in [0.2, 0.25) is 0 Å². The molecular weight excluding hydrogens is 218 g/mol. The van der Waals surface area contributed by atoms with Crippen molar-refractivity contribution in [3.8, 4) is 0 Å². The molecule has 0 bridgehead atoms. The van der Waals surface area contributed by atoms with Crippen LogP contribution in [0.3, 0.4) is 0 Å². The predicted octanol–water partition coefficient (Wildman–Crippen LogP) is 4.26. The maximum absolute atomic E-state index is 5.89. The first-order valence-corrected chi connectivity index (χ1v) is 7.27. The van der Waals surface area contributed by atoms with Crippen LogP contribution in [0.5, 0.6) is 0 Å². The van der Waals surface area contributed by atoms with Crippen molar-refractivity contribution in [2.45, 2.75) is 47.5 Å². The lowest BCUT2D eigenvalue weighted by Gasteiger charge is -2.26. The topological polar surface area (TPSA) is 3.24 Å².